The van der Waals surface area contributed by atoms with E-state index in [0.717, 1.165) is 0 Å². The van der Waals surface area contributed by atoms with Crippen LogP contribution in [0.25, 0.3) is 0 Å². The molecule has 0 aromatic heterocycles. The Morgan fingerprint density at radius 3 is 2.24 bits per heavy atom. The number of nitrogen functional groups attached to an aromatic ring is 1. The summed E-state index contributed by atoms with van der Waals surface area (Å²) >= 11 is 0. The third kappa shape index (κ3) is 11.1. The number of amides is 3. The van der Waals surface area contributed by atoms with E-state index in [4.69, 9.17) is 30.4 Å². The van der Waals surface area contributed by atoms with Crippen LogP contribution < -0.4 is 21.5 Å². The van der Waals surface area contributed by atoms with Gasteiger partial charge in [-0.2, -0.15) is 4.99 Å². The van der Waals surface area contributed by atoms with E-state index in [1.165, 1.54) is 30.3 Å². The van der Waals surface area contributed by atoms with Crippen LogP contribution in [0.15, 0.2) is 77.8 Å². The summed E-state index contributed by atoms with van der Waals surface area (Å²) in [5.41, 5.74) is 13.4. The van der Waals surface area contributed by atoms with Gasteiger partial charge >= 0.3 is 18.0 Å². The van der Waals surface area contributed by atoms with E-state index in [0.29, 0.717) is 37.1 Å². The minimum Gasteiger partial charge on any atom is -0.461 e. The Morgan fingerprint density at radius 1 is 0.922 bits per heavy atom. The van der Waals surface area contributed by atoms with Crippen molar-refractivity contribution in [1.82, 2.24) is 10.2 Å². The molecule has 0 radical (unpaired) electrons. The predicted molar refractivity (Wildman–Crippen MR) is 188 cm³/mol. The standard InChI is InChI=1S/C37H43N5O9/c1-4-48-37(47)41-34(39)24-13-15-25(16-14-24)35(45)40-30(21-32(43)42-19-17-26(18-20-42)49-22-33(44)50-23(2)3)28-10-6-8-12-31(28)51-36(46)27-9-5-7-11-29(27)38/h5-16,23,26,30H,4,17-22,38H2,1-3H3,(H,40,45)(H2,39,41,47). The van der Waals surface area contributed by atoms with Crippen molar-refractivity contribution in [3.8, 4) is 5.75 Å². The molecule has 1 aliphatic heterocycles. The molecule has 4 rings (SSSR count). The molecule has 1 aliphatic rings. The molecule has 0 bridgehead atoms. The van der Waals surface area contributed by atoms with E-state index in [2.05, 4.69) is 10.3 Å². The Morgan fingerprint density at radius 2 is 1.57 bits per heavy atom. The highest BCUT2D eigenvalue weighted by Gasteiger charge is 2.29. The molecular formula is C37H43N5O9. The first kappa shape index (κ1) is 38.0. The normalized spacial score (nSPS) is 14.0. The number of carbonyl (C=O) groups excluding carboxylic acids is 5. The summed E-state index contributed by atoms with van der Waals surface area (Å²) in [6.07, 6.45) is -0.416. The van der Waals surface area contributed by atoms with E-state index in [1.807, 2.05) is 0 Å². The quantitative estimate of drug-likeness (QED) is 0.0759. The molecule has 14 nitrogen and oxygen atoms in total. The van der Waals surface area contributed by atoms with Crippen molar-refractivity contribution in [2.24, 2.45) is 10.7 Å². The number of rotatable bonds is 13. The maximum Gasteiger partial charge on any atom is 0.435 e. The molecule has 0 aliphatic carbocycles. The van der Waals surface area contributed by atoms with Crippen LogP contribution in [-0.2, 0) is 23.8 Å². The zero-order valence-electron chi connectivity index (χ0n) is 28.8. The minimum absolute atomic E-state index is 0.0802. The van der Waals surface area contributed by atoms with Crippen LogP contribution in [0.2, 0.25) is 0 Å². The van der Waals surface area contributed by atoms with Crippen LogP contribution in [0.5, 0.6) is 5.75 Å². The van der Waals surface area contributed by atoms with E-state index in [9.17, 15) is 24.0 Å². The number of nitrogens with zero attached hydrogens (tertiary/aromatic N) is 2. The molecule has 3 amide bonds. The fraction of sp³-hybridized carbons (Fsp3) is 0.351. The molecule has 3 aromatic carbocycles. The first-order valence-corrected chi connectivity index (χ1v) is 16.6. The van der Waals surface area contributed by atoms with Crippen molar-refractivity contribution in [3.63, 3.8) is 0 Å². The van der Waals surface area contributed by atoms with Gasteiger partial charge in [0.15, 0.2) is 0 Å². The number of piperidine rings is 1. The van der Waals surface area contributed by atoms with Crippen molar-refractivity contribution in [3.05, 3.63) is 95.1 Å². The topological polar surface area (TPSA) is 202 Å². The van der Waals surface area contributed by atoms with Gasteiger partial charge in [0.05, 0.1) is 36.8 Å². The summed E-state index contributed by atoms with van der Waals surface area (Å²) in [7, 11) is 0. The SMILES string of the molecule is CCOC(=O)N=C(N)c1ccc(C(=O)NC(CC(=O)N2CCC(OCC(=O)OC(C)C)CC2)c2ccccc2OC(=O)c2ccccc2N)cc1. The maximum atomic E-state index is 13.7. The second-order valence-electron chi connectivity index (χ2n) is 11.9. The van der Waals surface area contributed by atoms with Gasteiger partial charge in [0.2, 0.25) is 5.91 Å². The number of benzene rings is 3. The second-order valence-corrected chi connectivity index (χ2v) is 11.9. The summed E-state index contributed by atoms with van der Waals surface area (Å²) in [6, 6.07) is 18.2. The number of hydrogen-bond donors (Lipinski definition) is 3. The summed E-state index contributed by atoms with van der Waals surface area (Å²) in [4.78, 5) is 69.4. The Balaban J connectivity index is 1.52. The number of nitrogens with two attached hydrogens (primary N) is 2. The van der Waals surface area contributed by atoms with Crippen molar-refractivity contribution in [1.29, 1.82) is 0 Å². The highest BCUT2D eigenvalue weighted by atomic mass is 16.6. The van der Waals surface area contributed by atoms with E-state index in [1.54, 1.807) is 68.1 Å². The van der Waals surface area contributed by atoms with E-state index in [-0.39, 0.29) is 66.1 Å². The predicted octanol–water partition coefficient (Wildman–Crippen LogP) is 4.17. The Labute approximate surface area is 296 Å². The smallest absolute Gasteiger partial charge is 0.435 e. The molecule has 0 spiro atoms. The van der Waals surface area contributed by atoms with Gasteiger partial charge in [0.25, 0.3) is 5.91 Å². The van der Waals surface area contributed by atoms with Crippen LogP contribution in [0.4, 0.5) is 10.5 Å². The highest BCUT2D eigenvalue weighted by molar-refractivity contribution is 6.03. The molecule has 1 unspecified atom stereocenters. The van der Waals surface area contributed by atoms with Crippen molar-refractivity contribution in [2.45, 2.75) is 58.3 Å². The fourth-order valence-corrected chi connectivity index (χ4v) is 5.35. The van der Waals surface area contributed by atoms with Crippen molar-refractivity contribution < 1.29 is 42.9 Å². The number of esters is 2. The Hall–Kier alpha value is -5.76. The van der Waals surface area contributed by atoms with Crippen LogP contribution in [0.3, 0.4) is 0 Å². The van der Waals surface area contributed by atoms with Crippen molar-refractivity contribution in [2.75, 3.05) is 32.0 Å². The number of para-hydroxylation sites is 2. The average Bonchev–Trinajstić information content (AvgIpc) is 3.11. The molecule has 270 valence electrons. The zero-order valence-corrected chi connectivity index (χ0v) is 28.8. The lowest BCUT2D eigenvalue weighted by atomic mass is 9.99. The Bertz CT molecular complexity index is 1730. The van der Waals surface area contributed by atoms with Gasteiger partial charge in [-0.05, 0) is 63.9 Å². The minimum atomic E-state index is -0.919. The largest absolute Gasteiger partial charge is 0.461 e. The van der Waals surface area contributed by atoms with Gasteiger partial charge in [-0.15, -0.1) is 0 Å². The van der Waals surface area contributed by atoms with Gasteiger partial charge in [0.1, 0.15) is 18.2 Å². The van der Waals surface area contributed by atoms with E-state index >= 15 is 0 Å². The molecule has 14 heteroatoms. The lowest BCUT2D eigenvalue weighted by molar-refractivity contribution is -0.156. The first-order valence-electron chi connectivity index (χ1n) is 16.6. The van der Waals surface area contributed by atoms with Gasteiger partial charge in [-0.3, -0.25) is 9.59 Å². The number of hydrogen-bond acceptors (Lipinski definition) is 10. The summed E-state index contributed by atoms with van der Waals surface area (Å²) in [5.74, 6) is -1.85. The Kier molecular flexibility index (Phi) is 13.6. The number of ether oxygens (including phenoxy) is 4. The molecule has 51 heavy (non-hydrogen) atoms. The van der Waals surface area contributed by atoms with Gasteiger partial charge in [0, 0.05) is 35.5 Å². The summed E-state index contributed by atoms with van der Waals surface area (Å²) < 4.78 is 21.4. The first-order chi connectivity index (χ1) is 24.4. The van der Waals surface area contributed by atoms with E-state index < -0.39 is 30.0 Å². The highest BCUT2D eigenvalue weighted by Crippen LogP contribution is 2.30. The summed E-state index contributed by atoms with van der Waals surface area (Å²) in [5, 5.41) is 2.92. The lowest BCUT2D eigenvalue weighted by Gasteiger charge is -2.33. The molecule has 1 atom stereocenters. The fourth-order valence-electron chi connectivity index (χ4n) is 5.35. The number of carbonyl (C=O) groups is 5. The molecule has 3 aromatic rings. The lowest BCUT2D eigenvalue weighted by Crippen LogP contribution is -2.43. The monoisotopic (exact) mass is 701 g/mol. The molecular weight excluding hydrogens is 658 g/mol. The van der Waals surface area contributed by atoms with Crippen molar-refractivity contribution >= 4 is 41.4 Å². The van der Waals surface area contributed by atoms with Gasteiger partial charge in [-0.1, -0.05) is 42.5 Å². The summed E-state index contributed by atoms with van der Waals surface area (Å²) in [6.45, 7) is 5.90. The number of likely N-dealkylation sites (tertiary alicyclic amines) is 1. The van der Waals surface area contributed by atoms with Crippen LogP contribution in [0, 0.1) is 0 Å². The number of aliphatic imine (C=N–C) groups is 1. The second kappa shape index (κ2) is 18.3. The average molecular weight is 702 g/mol. The number of anilines is 1. The van der Waals surface area contributed by atoms with Crippen LogP contribution in [-0.4, -0.2) is 79.1 Å². The molecule has 1 heterocycles. The third-order valence-corrected chi connectivity index (χ3v) is 7.88. The van der Waals surface area contributed by atoms with Crippen LogP contribution in [0.1, 0.15) is 77.9 Å². The molecule has 1 saturated heterocycles. The molecule has 0 saturated carbocycles. The van der Waals surface area contributed by atoms with Gasteiger partial charge in [-0.25, -0.2) is 14.4 Å². The zero-order chi connectivity index (χ0) is 36.9. The maximum absolute atomic E-state index is 13.7. The van der Waals surface area contributed by atoms with Gasteiger partial charge < -0.3 is 40.6 Å². The number of amidine groups is 1. The molecule has 1 fully saturated rings. The third-order valence-electron chi connectivity index (χ3n) is 7.88. The number of nitrogens with one attached hydrogen (secondary N) is 1. The molecule has 5 N–H and O–H groups in total. The van der Waals surface area contributed by atoms with Crippen LogP contribution >= 0.6 is 0 Å².